The summed E-state index contributed by atoms with van der Waals surface area (Å²) in [7, 11) is 0. The van der Waals surface area contributed by atoms with E-state index in [2.05, 4.69) is 39.8 Å². The Balaban J connectivity index is 0.748. The van der Waals surface area contributed by atoms with Crippen molar-refractivity contribution in [3.8, 4) is 56.8 Å². The number of hydrogen-bond donors (Lipinski definition) is 0. The van der Waals surface area contributed by atoms with Crippen LogP contribution in [0.2, 0.25) is 0 Å². The van der Waals surface area contributed by atoms with Crippen LogP contribution in [-0.4, -0.2) is 64.0 Å². The standard InChI is InChI=1S/C57H58O12/c1-36-23-52-48(25-50(36)66-54(58)43-13-11-40(12-14-43)42-17-21-45(22-18-42)64-35-60-29-47-31-62-47)55(3,4)32-57(67-52)33-56(5,6)49-26-51(37(2)24-53(49)68-57)69-65-27-38-7-9-39(10-8-38)41-15-19-44(20-16-41)63-34-59-28-46-30-61-46/h7-26,46-47H,27-35H2,1-6H3. The number of carbonyl (C=O) groups excluding carboxylic acids is 1. The van der Waals surface area contributed by atoms with Crippen LogP contribution in [0.25, 0.3) is 22.3 Å². The van der Waals surface area contributed by atoms with Gasteiger partial charge in [0, 0.05) is 34.8 Å². The Morgan fingerprint density at radius 1 is 0.580 bits per heavy atom. The lowest BCUT2D eigenvalue weighted by atomic mass is 9.69. The lowest BCUT2D eigenvalue weighted by molar-refractivity contribution is -0.218. The number of esters is 1. The molecule has 1 spiro atoms. The highest BCUT2D eigenvalue weighted by molar-refractivity contribution is 5.92. The van der Waals surface area contributed by atoms with Gasteiger partial charge in [0.25, 0.3) is 5.79 Å². The minimum atomic E-state index is -0.931. The Morgan fingerprint density at radius 3 is 1.49 bits per heavy atom. The molecule has 0 bridgehead atoms. The van der Waals surface area contributed by atoms with E-state index in [0.29, 0.717) is 54.6 Å². The zero-order valence-electron chi connectivity index (χ0n) is 40.0. The molecule has 0 amide bonds. The molecule has 69 heavy (non-hydrogen) atoms. The first-order valence-electron chi connectivity index (χ1n) is 23.5. The van der Waals surface area contributed by atoms with Gasteiger partial charge in [0.1, 0.15) is 47.6 Å². The molecule has 4 aliphatic heterocycles. The largest absolute Gasteiger partial charge is 0.468 e. The first kappa shape index (κ1) is 46.3. The topological polar surface area (TPSA) is 125 Å². The van der Waals surface area contributed by atoms with Gasteiger partial charge in [-0.2, -0.15) is 4.89 Å². The van der Waals surface area contributed by atoms with Crippen LogP contribution in [0.3, 0.4) is 0 Å². The first-order valence-corrected chi connectivity index (χ1v) is 23.5. The van der Waals surface area contributed by atoms with Crippen LogP contribution in [0.5, 0.6) is 34.5 Å². The van der Waals surface area contributed by atoms with Crippen molar-refractivity contribution in [3.05, 3.63) is 155 Å². The highest BCUT2D eigenvalue weighted by Gasteiger charge is 2.53. The van der Waals surface area contributed by atoms with Gasteiger partial charge in [-0.05, 0) is 113 Å². The minimum absolute atomic E-state index is 0.172. The Labute approximate surface area is 403 Å². The van der Waals surface area contributed by atoms with Gasteiger partial charge in [-0.15, -0.1) is 0 Å². The van der Waals surface area contributed by atoms with E-state index in [9.17, 15) is 4.79 Å². The van der Waals surface area contributed by atoms with Gasteiger partial charge in [-0.1, -0.05) is 88.4 Å². The molecule has 3 atom stereocenters. The summed E-state index contributed by atoms with van der Waals surface area (Å²) in [5.74, 6) is 2.69. The summed E-state index contributed by atoms with van der Waals surface area (Å²) in [6.45, 7) is 15.9. The number of carbonyl (C=O) groups is 1. The van der Waals surface area contributed by atoms with Crippen LogP contribution >= 0.6 is 0 Å². The van der Waals surface area contributed by atoms with Crippen LogP contribution in [-0.2, 0) is 41.3 Å². The van der Waals surface area contributed by atoms with Crippen molar-refractivity contribution in [3.63, 3.8) is 0 Å². The van der Waals surface area contributed by atoms with E-state index in [-0.39, 0.29) is 43.2 Å². The molecule has 0 aromatic heterocycles. The number of rotatable bonds is 18. The second-order valence-electron chi connectivity index (χ2n) is 19.7. The summed E-state index contributed by atoms with van der Waals surface area (Å²) in [4.78, 5) is 25.3. The summed E-state index contributed by atoms with van der Waals surface area (Å²) in [5.41, 5.74) is 8.45. The molecule has 0 radical (unpaired) electrons. The molecule has 6 aromatic rings. The van der Waals surface area contributed by atoms with E-state index < -0.39 is 11.8 Å². The van der Waals surface area contributed by atoms with Crippen molar-refractivity contribution in [2.75, 3.05) is 40.0 Å². The summed E-state index contributed by atoms with van der Waals surface area (Å²) in [6, 6.07) is 39.3. The maximum Gasteiger partial charge on any atom is 0.343 e. The van der Waals surface area contributed by atoms with Crippen LogP contribution in [0, 0.1) is 13.8 Å². The Hall–Kier alpha value is -6.41. The predicted molar refractivity (Wildman–Crippen MR) is 258 cm³/mol. The molecule has 0 saturated carbocycles. The third-order valence-electron chi connectivity index (χ3n) is 13.1. The van der Waals surface area contributed by atoms with Crippen LogP contribution < -0.4 is 28.6 Å². The molecule has 4 heterocycles. The molecule has 358 valence electrons. The molecule has 12 heteroatoms. The zero-order valence-corrected chi connectivity index (χ0v) is 40.0. The van der Waals surface area contributed by atoms with E-state index in [1.807, 2.05) is 111 Å². The van der Waals surface area contributed by atoms with E-state index in [4.69, 9.17) is 52.4 Å². The van der Waals surface area contributed by atoms with Crippen molar-refractivity contribution in [1.82, 2.24) is 0 Å². The van der Waals surface area contributed by atoms with Gasteiger partial charge >= 0.3 is 5.97 Å². The van der Waals surface area contributed by atoms with Crippen LogP contribution in [0.4, 0.5) is 0 Å². The summed E-state index contributed by atoms with van der Waals surface area (Å²) < 4.78 is 52.5. The van der Waals surface area contributed by atoms with Crippen molar-refractivity contribution < 1.29 is 57.2 Å². The predicted octanol–water partition coefficient (Wildman–Crippen LogP) is 11.4. The second-order valence-corrected chi connectivity index (χ2v) is 19.7. The fraction of sp³-hybridized carbons (Fsp3) is 0.351. The van der Waals surface area contributed by atoms with E-state index >= 15 is 0 Å². The molecule has 2 saturated heterocycles. The van der Waals surface area contributed by atoms with E-state index in [0.717, 1.165) is 74.8 Å². The molecule has 2 fully saturated rings. The molecule has 6 aromatic carbocycles. The maximum atomic E-state index is 13.5. The highest BCUT2D eigenvalue weighted by Crippen LogP contribution is 2.55. The normalized spacial score (nSPS) is 20.1. The summed E-state index contributed by atoms with van der Waals surface area (Å²) in [5, 5.41) is 0. The van der Waals surface area contributed by atoms with Crippen molar-refractivity contribution >= 4 is 5.97 Å². The van der Waals surface area contributed by atoms with Gasteiger partial charge in [0.15, 0.2) is 19.3 Å². The van der Waals surface area contributed by atoms with E-state index in [1.165, 1.54) is 0 Å². The van der Waals surface area contributed by atoms with Crippen LogP contribution in [0.1, 0.15) is 78.7 Å². The molecule has 10 rings (SSSR count). The number of aryl methyl sites for hydroxylation is 2. The van der Waals surface area contributed by atoms with Crippen molar-refractivity contribution in [2.24, 2.45) is 0 Å². The van der Waals surface area contributed by atoms with Gasteiger partial charge in [-0.25, -0.2) is 4.79 Å². The number of hydrogen-bond acceptors (Lipinski definition) is 12. The molecular weight excluding hydrogens is 877 g/mol. The molecule has 4 aliphatic rings. The second kappa shape index (κ2) is 19.2. The van der Waals surface area contributed by atoms with Gasteiger partial charge in [0.05, 0.1) is 32.0 Å². The minimum Gasteiger partial charge on any atom is -0.468 e. The molecular formula is C57H58O12. The Bertz CT molecular complexity index is 2770. The van der Waals surface area contributed by atoms with E-state index in [1.54, 1.807) is 12.1 Å². The smallest absolute Gasteiger partial charge is 0.343 e. The third-order valence-corrected chi connectivity index (χ3v) is 13.1. The Kier molecular flexibility index (Phi) is 12.9. The lowest BCUT2D eigenvalue weighted by Gasteiger charge is -2.51. The van der Waals surface area contributed by atoms with Crippen LogP contribution in [0.15, 0.2) is 121 Å². The number of benzene rings is 6. The first-order chi connectivity index (χ1) is 33.3. The van der Waals surface area contributed by atoms with Gasteiger partial charge in [0.2, 0.25) is 0 Å². The molecule has 3 unspecified atom stereocenters. The highest BCUT2D eigenvalue weighted by atomic mass is 17.2. The molecule has 0 N–H and O–H groups in total. The lowest BCUT2D eigenvalue weighted by Crippen LogP contribution is -2.55. The third kappa shape index (κ3) is 10.9. The number of epoxide rings is 2. The van der Waals surface area contributed by atoms with Gasteiger partial charge < -0.3 is 47.5 Å². The summed E-state index contributed by atoms with van der Waals surface area (Å²) >= 11 is 0. The Morgan fingerprint density at radius 2 is 1.01 bits per heavy atom. The van der Waals surface area contributed by atoms with Crippen molar-refractivity contribution in [1.29, 1.82) is 0 Å². The average molecular weight is 935 g/mol. The summed E-state index contributed by atoms with van der Waals surface area (Å²) in [6.07, 6.45) is 1.59. The van der Waals surface area contributed by atoms with Crippen molar-refractivity contribution in [2.45, 2.75) is 89.8 Å². The fourth-order valence-electron chi connectivity index (χ4n) is 9.22. The number of ether oxygens (including phenoxy) is 9. The molecule has 12 nitrogen and oxygen atoms in total. The zero-order chi connectivity index (χ0) is 47.8. The average Bonchev–Trinajstić information content (AvgIpc) is 4.28. The number of fused-ring (bicyclic) bond motifs is 2. The monoisotopic (exact) mass is 934 g/mol. The quantitative estimate of drug-likeness (QED) is 0.0155. The molecule has 0 aliphatic carbocycles. The SMILES string of the molecule is Cc1cc2c(cc1OOCc1ccc(-c3ccc(OCOCC4CO4)cc3)cc1)C(C)(C)CC1(CC(C)(C)c3cc(OC(=O)c4ccc(-c5ccc(OCOCC6CO6)cc5)cc4)c(C)cc3O1)O2. The maximum absolute atomic E-state index is 13.5. The fourth-order valence-corrected chi connectivity index (χ4v) is 9.22. The van der Waals surface area contributed by atoms with Gasteiger partial charge in [-0.3, -0.25) is 0 Å².